The predicted octanol–water partition coefficient (Wildman–Crippen LogP) is 8.73. The molecule has 2 saturated heterocycles. The summed E-state index contributed by atoms with van der Waals surface area (Å²) in [6, 6.07) is 48.8. The number of ether oxygens (including phenoxy) is 2. The lowest BCUT2D eigenvalue weighted by molar-refractivity contribution is 0.122. The van der Waals surface area contributed by atoms with E-state index < -0.39 is 20.2 Å². The Labute approximate surface area is 453 Å². The fourth-order valence-corrected chi connectivity index (χ4v) is 10.5. The fourth-order valence-electron chi connectivity index (χ4n) is 8.72. The van der Waals surface area contributed by atoms with Crippen molar-refractivity contribution in [3.8, 4) is 0 Å². The van der Waals surface area contributed by atoms with Crippen LogP contribution < -0.4 is 30.2 Å². The van der Waals surface area contributed by atoms with E-state index in [-0.39, 0.29) is 32.8 Å². The molecule has 0 spiro atoms. The highest BCUT2D eigenvalue weighted by Gasteiger charge is 2.26. The van der Waals surface area contributed by atoms with Gasteiger partial charge in [-0.05, 0) is 70.8 Å². The molecule has 10 rings (SSSR count). The van der Waals surface area contributed by atoms with E-state index in [4.69, 9.17) is 47.7 Å². The zero-order valence-corrected chi connectivity index (χ0v) is 44.4. The van der Waals surface area contributed by atoms with E-state index in [1.54, 1.807) is 24.3 Å². The Morgan fingerprint density at radius 3 is 1.21 bits per heavy atom. The maximum absolute atomic E-state index is 13.7. The van der Waals surface area contributed by atoms with Gasteiger partial charge in [-0.2, -0.15) is 46.7 Å². The second-order valence-corrected chi connectivity index (χ2v) is 21.2. The van der Waals surface area contributed by atoms with Gasteiger partial charge < -0.3 is 39.7 Å². The van der Waals surface area contributed by atoms with Crippen molar-refractivity contribution in [1.82, 2.24) is 29.9 Å². The molecule has 78 heavy (non-hydrogen) atoms. The molecule has 2 aliphatic heterocycles. The number of para-hydroxylation sites is 2. The van der Waals surface area contributed by atoms with Crippen molar-refractivity contribution < 1.29 is 34.7 Å². The van der Waals surface area contributed by atoms with Crippen LogP contribution in [0.15, 0.2) is 168 Å². The number of nitrogens with one attached hydrogen (secondary N) is 2. The van der Waals surface area contributed by atoms with E-state index in [9.17, 15) is 16.8 Å². The normalized spacial score (nSPS) is 14.1. The van der Waals surface area contributed by atoms with Crippen molar-refractivity contribution in [3.05, 3.63) is 180 Å². The Kier molecular flexibility index (Phi) is 16.5. The van der Waals surface area contributed by atoms with Crippen LogP contribution in [-0.2, 0) is 51.2 Å². The third-order valence-corrected chi connectivity index (χ3v) is 15.4. The first-order valence-corrected chi connectivity index (χ1v) is 27.9. The van der Waals surface area contributed by atoms with Gasteiger partial charge in [-0.15, -0.1) is 0 Å². The molecule has 0 unspecified atom stereocenters. The van der Waals surface area contributed by atoms with Crippen molar-refractivity contribution in [2.24, 2.45) is 0 Å². The third-order valence-electron chi connectivity index (χ3n) is 12.8. The number of aromatic nitrogens is 6. The minimum Gasteiger partial charge on any atom is -0.378 e. The largest absolute Gasteiger partial charge is 0.378 e. The lowest BCUT2D eigenvalue weighted by atomic mass is 10.1. The van der Waals surface area contributed by atoms with Crippen LogP contribution in [0.25, 0.3) is 12.2 Å². The lowest BCUT2D eigenvalue weighted by Crippen LogP contribution is -2.37. The average molecular weight is 1090 g/mol. The van der Waals surface area contributed by atoms with Gasteiger partial charge in [-0.25, -0.2) is 0 Å². The number of anilines is 10. The smallest absolute Gasteiger partial charge is 0.297 e. The topological polar surface area (TPSA) is 220 Å². The summed E-state index contributed by atoms with van der Waals surface area (Å²) in [7, 11) is -6.60. The van der Waals surface area contributed by atoms with E-state index in [2.05, 4.69) is 10.6 Å². The number of rotatable bonds is 20. The molecule has 8 aromatic rings. The van der Waals surface area contributed by atoms with Gasteiger partial charge in [0.1, 0.15) is 9.79 Å². The van der Waals surface area contributed by atoms with Gasteiger partial charge in [0.15, 0.2) is 0 Å². The summed E-state index contributed by atoms with van der Waals surface area (Å²) in [5, 5.41) is 6.45. The SMILES string of the molecule is COS(=O)(=O)c1cc(Nc2nc(N3CCOCC3)nc(N(Cc3ccccc3)c3ccccc3)n2)ccc1C=Cc1ccc(Nc2nc(N3CCOCC3)nc(N(Cc3ccccc3)c3ccccc3)n2)cc1S(=O)(=O)OC. The second-order valence-electron chi connectivity index (χ2n) is 17.9. The second kappa shape index (κ2) is 24.3. The van der Waals surface area contributed by atoms with Gasteiger partial charge in [0.25, 0.3) is 20.2 Å². The fraction of sp³-hybridized carbons (Fsp3) is 0.214. The number of nitrogens with zero attached hydrogens (tertiary/aromatic N) is 10. The highest BCUT2D eigenvalue weighted by molar-refractivity contribution is 7.87. The van der Waals surface area contributed by atoms with E-state index >= 15 is 0 Å². The lowest BCUT2D eigenvalue weighted by Gasteiger charge is -2.29. The van der Waals surface area contributed by atoms with Gasteiger partial charge in [0, 0.05) is 48.9 Å². The minimum atomic E-state index is -4.37. The van der Waals surface area contributed by atoms with E-state index in [0.29, 0.717) is 101 Å². The molecule has 2 aromatic heterocycles. The quantitative estimate of drug-likeness (QED) is 0.0538. The Bertz CT molecular complexity index is 3350. The van der Waals surface area contributed by atoms with E-state index in [1.165, 1.54) is 24.3 Å². The number of hydrogen-bond donors (Lipinski definition) is 2. The average Bonchev–Trinajstić information content (AvgIpc) is 3.51. The molecule has 0 saturated carbocycles. The van der Waals surface area contributed by atoms with Crippen molar-refractivity contribution in [3.63, 3.8) is 0 Å². The molecule has 22 heteroatoms. The molecule has 0 aliphatic carbocycles. The Morgan fingerprint density at radius 2 is 0.846 bits per heavy atom. The maximum Gasteiger partial charge on any atom is 0.297 e. The van der Waals surface area contributed by atoms with Gasteiger partial charge in [0.2, 0.25) is 35.7 Å². The summed E-state index contributed by atoms with van der Waals surface area (Å²) in [6.45, 7) is 5.07. The first-order chi connectivity index (χ1) is 38.0. The van der Waals surface area contributed by atoms with Crippen LogP contribution in [0, 0.1) is 0 Å². The molecular weight excluding hydrogens is 1030 g/mol. The van der Waals surface area contributed by atoms with Crippen LogP contribution in [0.4, 0.5) is 58.4 Å². The van der Waals surface area contributed by atoms with Crippen LogP contribution in [0.5, 0.6) is 0 Å². The number of hydrogen-bond acceptors (Lipinski definition) is 20. The van der Waals surface area contributed by atoms with Crippen molar-refractivity contribution in [1.29, 1.82) is 0 Å². The minimum absolute atomic E-state index is 0.161. The van der Waals surface area contributed by atoms with Crippen molar-refractivity contribution in [2.45, 2.75) is 22.9 Å². The monoisotopic (exact) mass is 1090 g/mol. The Balaban J connectivity index is 0.977. The summed E-state index contributed by atoms with van der Waals surface area (Å²) in [5.41, 5.74) is 4.79. The van der Waals surface area contributed by atoms with Gasteiger partial charge >= 0.3 is 0 Å². The Morgan fingerprint density at radius 1 is 0.487 bits per heavy atom. The van der Waals surface area contributed by atoms with Gasteiger partial charge in [-0.3, -0.25) is 8.37 Å². The van der Waals surface area contributed by atoms with Crippen LogP contribution in [-0.4, -0.2) is 114 Å². The van der Waals surface area contributed by atoms with E-state index in [0.717, 1.165) is 36.7 Å². The van der Waals surface area contributed by atoms with Crippen LogP contribution in [0.3, 0.4) is 0 Å². The maximum atomic E-state index is 13.7. The number of morpholine rings is 2. The van der Waals surface area contributed by atoms with Crippen LogP contribution in [0.1, 0.15) is 22.3 Å². The molecule has 400 valence electrons. The molecule has 2 N–H and O–H groups in total. The third kappa shape index (κ3) is 12.9. The first-order valence-electron chi connectivity index (χ1n) is 25.0. The Hall–Kier alpha value is -8.38. The predicted molar refractivity (Wildman–Crippen MR) is 300 cm³/mol. The standard InChI is InChI=1S/C56H56N12O8S2/c1-73-77(69,70)49-37-45(57-51-59-53(65-29-33-75-34-30-65)63-55(61-51)67(47-19-11-5-12-20-47)39-41-15-7-3-8-16-41)27-25-43(49)23-24-44-26-28-46(38-50(44)78(71,72)74-2)58-52-60-54(66-31-35-76-36-32-66)64-56(62-52)68(48-21-13-6-14-22-48)40-42-17-9-4-10-18-42/h3-28,37-38H,29-36,39-40H2,1-2H3,(H,57,59,61,63)(H,58,60,62,64). The molecule has 20 nitrogen and oxygen atoms in total. The summed E-state index contributed by atoms with van der Waals surface area (Å²) >= 11 is 0. The summed E-state index contributed by atoms with van der Waals surface area (Å²) < 4.78 is 76.3. The van der Waals surface area contributed by atoms with Gasteiger partial charge in [-0.1, -0.05) is 121 Å². The van der Waals surface area contributed by atoms with E-state index in [1.807, 2.05) is 141 Å². The van der Waals surface area contributed by atoms with Crippen molar-refractivity contribution >= 4 is 90.8 Å². The zero-order valence-electron chi connectivity index (χ0n) is 42.8. The van der Waals surface area contributed by atoms with Crippen LogP contribution in [0.2, 0.25) is 0 Å². The first kappa shape index (κ1) is 53.0. The molecule has 6 aromatic carbocycles. The molecule has 2 aliphatic rings. The highest BCUT2D eigenvalue weighted by Crippen LogP contribution is 2.33. The molecule has 0 amide bonds. The highest BCUT2D eigenvalue weighted by atomic mass is 32.2. The molecule has 2 fully saturated rings. The molecule has 0 atom stereocenters. The summed E-state index contributed by atoms with van der Waals surface area (Å²) in [6.07, 6.45) is 2.98. The molecular formula is C56H56N12O8S2. The molecule has 4 heterocycles. The van der Waals surface area contributed by atoms with Gasteiger partial charge in [0.05, 0.1) is 53.7 Å². The summed E-state index contributed by atoms with van der Waals surface area (Å²) in [5.74, 6) is 1.87. The number of benzene rings is 6. The zero-order chi connectivity index (χ0) is 53.9. The molecule has 0 radical (unpaired) electrons. The van der Waals surface area contributed by atoms with Crippen molar-refractivity contribution in [2.75, 3.05) is 97.1 Å². The van der Waals surface area contributed by atoms with Crippen LogP contribution >= 0.6 is 0 Å². The summed E-state index contributed by atoms with van der Waals surface area (Å²) in [4.78, 5) is 36.9. The molecule has 0 bridgehead atoms.